The molecule has 1 aromatic heterocycles. The Balaban J connectivity index is 2.63. The third kappa shape index (κ3) is 2.40. The summed E-state index contributed by atoms with van der Waals surface area (Å²) in [5, 5.41) is 0. The number of hydrogen-bond acceptors (Lipinski definition) is 2. The van der Waals surface area contributed by atoms with E-state index in [1.807, 2.05) is 10.6 Å². The van der Waals surface area contributed by atoms with E-state index in [1.165, 1.54) is 12.5 Å². The van der Waals surface area contributed by atoms with Crippen molar-refractivity contribution in [1.82, 2.24) is 4.57 Å². The largest absolute Gasteiger partial charge is 0.312 e. The molecule has 0 saturated heterocycles. The van der Waals surface area contributed by atoms with E-state index in [1.54, 1.807) is 0 Å². The molecule has 2 rings (SSSR count). The first-order valence-corrected chi connectivity index (χ1v) is 6.77. The molecule has 0 spiro atoms. The van der Waals surface area contributed by atoms with Crippen molar-refractivity contribution < 1.29 is 4.79 Å². The average Bonchev–Trinajstić information content (AvgIpc) is 2.31. The Hall–Kier alpha value is -1.38. The van der Waals surface area contributed by atoms with Crippen LogP contribution < -0.4 is 5.56 Å². The Morgan fingerprint density at radius 1 is 1.33 bits per heavy atom. The third-order valence-corrected chi connectivity index (χ3v) is 3.53. The second kappa shape index (κ2) is 5.09. The molecule has 0 amide bonds. The number of rotatable bonds is 3. The Morgan fingerprint density at radius 3 is 2.61 bits per heavy atom. The van der Waals surface area contributed by atoms with Crippen LogP contribution in [0.25, 0.3) is 0 Å². The van der Waals surface area contributed by atoms with E-state index in [0.717, 1.165) is 31.4 Å². The van der Waals surface area contributed by atoms with Crippen molar-refractivity contribution in [2.75, 3.05) is 0 Å². The lowest BCUT2D eigenvalue weighted by atomic mass is 9.93. The topological polar surface area (TPSA) is 39.1 Å². The van der Waals surface area contributed by atoms with Gasteiger partial charge >= 0.3 is 0 Å². The van der Waals surface area contributed by atoms with Crippen LogP contribution in [0.5, 0.6) is 0 Å². The van der Waals surface area contributed by atoms with Crippen LogP contribution in [0.3, 0.4) is 0 Å². The number of fused-ring (bicyclic) bond motifs is 1. The summed E-state index contributed by atoms with van der Waals surface area (Å²) in [5.41, 5.74) is 2.62. The predicted octanol–water partition coefficient (Wildman–Crippen LogP) is 2.59. The van der Waals surface area contributed by atoms with Crippen molar-refractivity contribution in [3.05, 3.63) is 33.2 Å². The molecular weight excluding hydrogens is 226 g/mol. The fraction of sp³-hybridized carbons (Fsp3) is 0.600. The third-order valence-electron chi connectivity index (χ3n) is 3.53. The molecule has 18 heavy (non-hydrogen) atoms. The van der Waals surface area contributed by atoms with E-state index in [0.29, 0.717) is 18.0 Å². The van der Waals surface area contributed by atoms with Gasteiger partial charge in [-0.1, -0.05) is 13.8 Å². The lowest BCUT2D eigenvalue weighted by Crippen LogP contribution is -2.32. The molecule has 98 valence electrons. The molecule has 0 bridgehead atoms. The zero-order valence-corrected chi connectivity index (χ0v) is 11.5. The first kappa shape index (κ1) is 13.1. The molecule has 0 N–H and O–H groups in total. The monoisotopic (exact) mass is 247 g/mol. The van der Waals surface area contributed by atoms with Crippen molar-refractivity contribution in [3.8, 4) is 0 Å². The van der Waals surface area contributed by atoms with Gasteiger partial charge in [0, 0.05) is 12.2 Å². The van der Waals surface area contributed by atoms with Crippen molar-refractivity contribution >= 4 is 5.78 Å². The summed E-state index contributed by atoms with van der Waals surface area (Å²) in [7, 11) is 0. The number of Topliss-reactive ketones (excluding diaryl/α,β-unsaturated/α-hetero) is 1. The molecule has 0 atom stereocenters. The van der Waals surface area contributed by atoms with Gasteiger partial charge in [-0.25, -0.2) is 0 Å². The second-order valence-corrected chi connectivity index (χ2v) is 5.60. The Labute approximate surface area is 108 Å². The van der Waals surface area contributed by atoms with Crippen LogP contribution in [-0.2, 0) is 19.4 Å². The number of carbonyl (C=O) groups excluding carboxylic acids is 1. The maximum atomic E-state index is 12.4. The molecule has 0 saturated carbocycles. The quantitative estimate of drug-likeness (QED) is 0.770. The maximum absolute atomic E-state index is 12.4. The highest BCUT2D eigenvalue weighted by molar-refractivity contribution is 5.93. The van der Waals surface area contributed by atoms with E-state index < -0.39 is 0 Å². The molecule has 0 unspecified atom stereocenters. The summed E-state index contributed by atoms with van der Waals surface area (Å²) in [6, 6.07) is 1.83. The Kier molecular flexibility index (Phi) is 3.69. The smallest absolute Gasteiger partial charge is 0.261 e. The van der Waals surface area contributed by atoms with Gasteiger partial charge in [-0.15, -0.1) is 0 Å². The number of aryl methyl sites for hydroxylation is 1. The summed E-state index contributed by atoms with van der Waals surface area (Å²) >= 11 is 0. The molecule has 0 aliphatic heterocycles. The van der Waals surface area contributed by atoms with Crippen LogP contribution in [0.15, 0.2) is 10.9 Å². The standard InChI is InChI=1S/C15H21NO2/c1-10(2)9-16-14-7-5-4-6-12(14)8-13(11(3)17)15(16)18/h8,10H,4-7,9H2,1-3H3. The average molecular weight is 247 g/mol. The van der Waals surface area contributed by atoms with Gasteiger partial charge in [-0.3, -0.25) is 9.59 Å². The second-order valence-electron chi connectivity index (χ2n) is 5.60. The summed E-state index contributed by atoms with van der Waals surface area (Å²) in [5.74, 6) is 0.293. The molecule has 3 nitrogen and oxygen atoms in total. The van der Waals surface area contributed by atoms with Gasteiger partial charge < -0.3 is 4.57 Å². The first-order valence-electron chi connectivity index (χ1n) is 6.77. The van der Waals surface area contributed by atoms with Crippen LogP contribution in [-0.4, -0.2) is 10.4 Å². The number of pyridine rings is 1. The van der Waals surface area contributed by atoms with Crippen LogP contribution in [0.4, 0.5) is 0 Å². The number of hydrogen-bond donors (Lipinski definition) is 0. The highest BCUT2D eigenvalue weighted by atomic mass is 16.1. The molecule has 1 heterocycles. The number of ketones is 1. The van der Waals surface area contributed by atoms with Crippen LogP contribution in [0, 0.1) is 5.92 Å². The molecule has 0 radical (unpaired) electrons. The zero-order valence-electron chi connectivity index (χ0n) is 11.5. The summed E-state index contributed by atoms with van der Waals surface area (Å²) in [6.45, 7) is 6.39. The summed E-state index contributed by atoms with van der Waals surface area (Å²) in [6.07, 6.45) is 4.26. The normalized spacial score (nSPS) is 14.7. The minimum Gasteiger partial charge on any atom is -0.312 e. The van der Waals surface area contributed by atoms with Gasteiger partial charge in [0.25, 0.3) is 5.56 Å². The Bertz CT molecular complexity index is 526. The van der Waals surface area contributed by atoms with Crippen molar-refractivity contribution in [1.29, 1.82) is 0 Å². The van der Waals surface area contributed by atoms with E-state index in [9.17, 15) is 9.59 Å². The van der Waals surface area contributed by atoms with Gasteiger partial charge in [-0.05, 0) is 50.2 Å². The zero-order chi connectivity index (χ0) is 13.3. The van der Waals surface area contributed by atoms with E-state index in [4.69, 9.17) is 0 Å². The van der Waals surface area contributed by atoms with Gasteiger partial charge in [0.05, 0.1) is 5.56 Å². The molecule has 1 aliphatic carbocycles. The molecular formula is C15H21NO2. The van der Waals surface area contributed by atoms with Crippen LogP contribution in [0.2, 0.25) is 0 Å². The number of aromatic nitrogens is 1. The van der Waals surface area contributed by atoms with Gasteiger partial charge in [0.2, 0.25) is 0 Å². The van der Waals surface area contributed by atoms with Gasteiger partial charge in [-0.2, -0.15) is 0 Å². The first-order chi connectivity index (χ1) is 8.50. The van der Waals surface area contributed by atoms with E-state index in [2.05, 4.69) is 13.8 Å². The molecule has 3 heteroatoms. The molecule has 0 fully saturated rings. The van der Waals surface area contributed by atoms with Crippen LogP contribution in [0.1, 0.15) is 55.2 Å². The molecule has 1 aromatic rings. The van der Waals surface area contributed by atoms with Crippen molar-refractivity contribution in [2.24, 2.45) is 5.92 Å². The maximum Gasteiger partial charge on any atom is 0.261 e. The van der Waals surface area contributed by atoms with E-state index in [-0.39, 0.29) is 11.3 Å². The number of carbonyl (C=O) groups is 1. The fourth-order valence-corrected chi connectivity index (χ4v) is 2.69. The van der Waals surface area contributed by atoms with Crippen LogP contribution >= 0.6 is 0 Å². The summed E-state index contributed by atoms with van der Waals surface area (Å²) < 4.78 is 1.84. The van der Waals surface area contributed by atoms with Crippen molar-refractivity contribution in [3.63, 3.8) is 0 Å². The molecule has 0 aromatic carbocycles. The summed E-state index contributed by atoms with van der Waals surface area (Å²) in [4.78, 5) is 23.9. The van der Waals surface area contributed by atoms with Gasteiger partial charge in [0.15, 0.2) is 5.78 Å². The molecule has 1 aliphatic rings. The SMILES string of the molecule is CC(=O)c1cc2c(n(CC(C)C)c1=O)CCCC2. The van der Waals surface area contributed by atoms with Gasteiger partial charge in [0.1, 0.15) is 0 Å². The predicted molar refractivity (Wildman–Crippen MR) is 72.2 cm³/mol. The minimum atomic E-state index is -0.120. The fourth-order valence-electron chi connectivity index (χ4n) is 2.69. The lowest BCUT2D eigenvalue weighted by molar-refractivity contribution is 0.101. The van der Waals surface area contributed by atoms with Crippen molar-refractivity contribution in [2.45, 2.75) is 53.0 Å². The highest BCUT2D eigenvalue weighted by Gasteiger charge is 2.19. The number of nitrogens with zero attached hydrogens (tertiary/aromatic N) is 1. The minimum absolute atomic E-state index is 0.100. The van der Waals surface area contributed by atoms with E-state index >= 15 is 0 Å². The highest BCUT2D eigenvalue weighted by Crippen LogP contribution is 2.21. The Morgan fingerprint density at radius 2 is 2.00 bits per heavy atom. The lowest BCUT2D eigenvalue weighted by Gasteiger charge is -2.23.